The van der Waals surface area contributed by atoms with Crippen LogP contribution >= 0.6 is 11.8 Å². The van der Waals surface area contributed by atoms with Crippen molar-refractivity contribution in [1.29, 1.82) is 0 Å². The van der Waals surface area contributed by atoms with E-state index in [2.05, 4.69) is 15.0 Å². The molecule has 2 heterocycles. The van der Waals surface area contributed by atoms with E-state index < -0.39 is 11.5 Å². The maximum Gasteiger partial charge on any atom is 0.313 e. The predicted molar refractivity (Wildman–Crippen MR) is 72.7 cm³/mol. The number of carboxylic acids is 1. The third-order valence-corrected chi connectivity index (χ3v) is 3.31. The van der Waals surface area contributed by atoms with E-state index in [1.165, 1.54) is 6.07 Å². The lowest BCUT2D eigenvalue weighted by Crippen LogP contribution is -2.15. The molecule has 7 nitrogen and oxygen atoms in total. The van der Waals surface area contributed by atoms with Crippen LogP contribution in [-0.4, -0.2) is 36.3 Å². The van der Waals surface area contributed by atoms with Gasteiger partial charge in [0.05, 0.1) is 18.0 Å². The van der Waals surface area contributed by atoms with Crippen molar-refractivity contribution in [2.24, 2.45) is 0 Å². The zero-order chi connectivity index (χ0) is 14.5. The Morgan fingerprint density at radius 2 is 2.20 bits per heavy atom. The second kappa shape index (κ2) is 6.29. The number of thioether (sulfide) groups is 1. The molecule has 0 amide bonds. The largest absolute Gasteiger partial charge is 0.481 e. The molecule has 2 aromatic rings. The minimum absolute atomic E-state index is 0.154. The number of nitrogens with zero attached hydrogens (tertiary/aromatic N) is 4. The second-order valence-electron chi connectivity index (χ2n) is 3.95. The lowest BCUT2D eigenvalue weighted by Gasteiger charge is -2.10. The summed E-state index contributed by atoms with van der Waals surface area (Å²) < 4.78 is 1.69. The van der Waals surface area contributed by atoms with Gasteiger partial charge in [-0.3, -0.25) is 9.59 Å². The third kappa shape index (κ3) is 3.89. The first-order chi connectivity index (χ1) is 9.54. The molecule has 0 bridgehead atoms. The summed E-state index contributed by atoms with van der Waals surface area (Å²) >= 11 is 1.00. The van der Waals surface area contributed by atoms with Crippen molar-refractivity contribution < 1.29 is 9.90 Å². The summed E-state index contributed by atoms with van der Waals surface area (Å²) in [4.78, 5) is 34.0. The quantitative estimate of drug-likeness (QED) is 0.635. The van der Waals surface area contributed by atoms with Gasteiger partial charge in [-0.25, -0.2) is 9.97 Å². The number of hydrogen-bond donors (Lipinski definition) is 1. The topological polar surface area (TPSA) is 98.0 Å². The van der Waals surface area contributed by atoms with Crippen LogP contribution in [0.25, 0.3) is 0 Å². The van der Waals surface area contributed by atoms with Crippen LogP contribution < -0.4 is 5.56 Å². The lowest BCUT2D eigenvalue weighted by atomic mass is 10.4. The fraction of sp³-hybridized carbons (Fsp3) is 0.250. The number of aliphatic carboxylic acids is 1. The Morgan fingerprint density at radius 3 is 2.90 bits per heavy atom. The van der Waals surface area contributed by atoms with Crippen LogP contribution in [0.4, 0.5) is 0 Å². The van der Waals surface area contributed by atoms with Gasteiger partial charge in [0.25, 0.3) is 5.56 Å². The molecular formula is C12H12N4O3S. The highest BCUT2D eigenvalue weighted by Gasteiger charge is 2.08. The van der Waals surface area contributed by atoms with E-state index in [1.807, 2.05) is 0 Å². The van der Waals surface area contributed by atoms with Crippen molar-refractivity contribution >= 4 is 17.7 Å². The average molecular weight is 292 g/mol. The Hall–Kier alpha value is -2.22. The highest BCUT2D eigenvalue weighted by Crippen LogP contribution is 2.14. The molecule has 20 heavy (non-hydrogen) atoms. The standard InChI is InChI=1S/C12H12N4O3S/c1-8-13-4-2-9(14-8)6-16-5-3-10(17)15-12(16)20-7-11(18)19/h2-5H,6-7H2,1H3,(H,18,19). The smallest absolute Gasteiger partial charge is 0.313 e. The van der Waals surface area contributed by atoms with Gasteiger partial charge in [0.1, 0.15) is 5.82 Å². The first-order valence-corrected chi connectivity index (χ1v) is 6.74. The van der Waals surface area contributed by atoms with E-state index in [4.69, 9.17) is 5.11 Å². The lowest BCUT2D eigenvalue weighted by molar-refractivity contribution is -0.133. The molecule has 1 N–H and O–H groups in total. The van der Waals surface area contributed by atoms with Crippen molar-refractivity contribution in [2.45, 2.75) is 18.6 Å². The van der Waals surface area contributed by atoms with E-state index in [1.54, 1.807) is 30.0 Å². The van der Waals surface area contributed by atoms with E-state index in [0.29, 0.717) is 17.5 Å². The van der Waals surface area contributed by atoms with Crippen LogP contribution in [0.5, 0.6) is 0 Å². The predicted octanol–water partition coefficient (Wildman–Crippen LogP) is 0.567. The van der Waals surface area contributed by atoms with E-state index >= 15 is 0 Å². The number of aryl methyl sites for hydroxylation is 1. The molecule has 0 aliphatic rings. The van der Waals surface area contributed by atoms with Crippen molar-refractivity contribution in [3.8, 4) is 0 Å². The maximum atomic E-state index is 11.3. The molecule has 2 rings (SSSR count). The minimum Gasteiger partial charge on any atom is -0.481 e. The van der Waals surface area contributed by atoms with Gasteiger partial charge in [-0.15, -0.1) is 0 Å². The molecule has 0 radical (unpaired) electrons. The van der Waals surface area contributed by atoms with Crippen LogP contribution in [0.3, 0.4) is 0 Å². The summed E-state index contributed by atoms with van der Waals surface area (Å²) in [6, 6.07) is 3.09. The van der Waals surface area contributed by atoms with Crippen LogP contribution in [0.2, 0.25) is 0 Å². The summed E-state index contributed by atoms with van der Waals surface area (Å²) in [5.74, 6) is -0.465. The number of hydrogen-bond acceptors (Lipinski definition) is 6. The molecule has 8 heteroatoms. The van der Waals surface area contributed by atoms with Gasteiger partial charge in [0.15, 0.2) is 5.16 Å². The highest BCUT2D eigenvalue weighted by atomic mass is 32.2. The summed E-state index contributed by atoms with van der Waals surface area (Å²) in [5, 5.41) is 9.06. The average Bonchev–Trinajstić information content (AvgIpc) is 2.39. The molecule has 0 saturated heterocycles. The number of carboxylic acid groups (broad SMARTS) is 1. The highest BCUT2D eigenvalue weighted by molar-refractivity contribution is 7.99. The van der Waals surface area contributed by atoms with Crippen LogP contribution in [0, 0.1) is 6.92 Å². The third-order valence-electron chi connectivity index (χ3n) is 2.34. The first kappa shape index (κ1) is 14.2. The van der Waals surface area contributed by atoms with Crippen LogP contribution in [0.15, 0.2) is 34.5 Å². The molecule has 0 aromatic carbocycles. The first-order valence-electron chi connectivity index (χ1n) is 5.75. The summed E-state index contributed by atoms with van der Waals surface area (Å²) in [6.45, 7) is 2.19. The Morgan fingerprint density at radius 1 is 1.40 bits per heavy atom. The van der Waals surface area contributed by atoms with Crippen molar-refractivity contribution in [3.05, 3.63) is 46.4 Å². The molecule has 0 unspecified atom stereocenters. The molecule has 104 valence electrons. The zero-order valence-corrected chi connectivity index (χ0v) is 11.5. The van der Waals surface area contributed by atoms with E-state index in [0.717, 1.165) is 17.5 Å². The van der Waals surface area contributed by atoms with Gasteiger partial charge in [-0.2, -0.15) is 4.98 Å². The molecular weight excluding hydrogens is 280 g/mol. The Balaban J connectivity index is 2.26. The van der Waals surface area contributed by atoms with Gasteiger partial charge in [0.2, 0.25) is 0 Å². The van der Waals surface area contributed by atoms with Gasteiger partial charge < -0.3 is 9.67 Å². The molecule has 0 saturated carbocycles. The van der Waals surface area contributed by atoms with Gasteiger partial charge in [0, 0.05) is 18.5 Å². The molecule has 0 fully saturated rings. The zero-order valence-electron chi connectivity index (χ0n) is 10.7. The van der Waals surface area contributed by atoms with E-state index in [-0.39, 0.29) is 5.75 Å². The maximum absolute atomic E-state index is 11.3. The van der Waals surface area contributed by atoms with Crippen LogP contribution in [0.1, 0.15) is 11.5 Å². The SMILES string of the molecule is Cc1nccc(Cn2ccc(=O)nc2SCC(=O)O)n1. The summed E-state index contributed by atoms with van der Waals surface area (Å²) in [7, 11) is 0. The Kier molecular flexibility index (Phi) is 4.46. The number of aromatic nitrogens is 4. The van der Waals surface area contributed by atoms with Crippen LogP contribution in [-0.2, 0) is 11.3 Å². The Labute approximate surface area is 118 Å². The second-order valence-corrected chi connectivity index (χ2v) is 4.90. The van der Waals surface area contributed by atoms with Crippen molar-refractivity contribution in [3.63, 3.8) is 0 Å². The summed E-state index contributed by atoms with van der Waals surface area (Å²) in [6.07, 6.45) is 3.23. The molecule has 0 aliphatic carbocycles. The fourth-order valence-electron chi connectivity index (χ4n) is 1.54. The molecule has 0 atom stereocenters. The molecule has 0 spiro atoms. The van der Waals surface area contributed by atoms with Gasteiger partial charge in [-0.1, -0.05) is 11.8 Å². The normalized spacial score (nSPS) is 10.4. The molecule has 0 aliphatic heterocycles. The van der Waals surface area contributed by atoms with Crippen molar-refractivity contribution in [2.75, 3.05) is 5.75 Å². The number of rotatable bonds is 5. The Bertz CT molecular complexity index is 686. The van der Waals surface area contributed by atoms with Crippen molar-refractivity contribution in [1.82, 2.24) is 19.5 Å². The number of carbonyl (C=O) groups is 1. The monoisotopic (exact) mass is 292 g/mol. The van der Waals surface area contributed by atoms with Gasteiger partial charge >= 0.3 is 5.97 Å². The fourth-order valence-corrected chi connectivity index (χ4v) is 2.24. The van der Waals surface area contributed by atoms with Gasteiger partial charge in [-0.05, 0) is 13.0 Å². The van der Waals surface area contributed by atoms with E-state index in [9.17, 15) is 9.59 Å². The summed E-state index contributed by atoms with van der Waals surface area (Å²) in [5.41, 5.74) is 0.369. The minimum atomic E-state index is -0.961. The molecule has 2 aromatic heterocycles.